The fraction of sp³-hybridized carbons (Fsp3) is 0.200. The summed E-state index contributed by atoms with van der Waals surface area (Å²) in [6.07, 6.45) is 3.20. The van der Waals surface area contributed by atoms with Crippen LogP contribution in [0.5, 0.6) is 0 Å². The number of anilines is 1. The molecule has 0 unspecified atom stereocenters. The second-order valence-electron chi connectivity index (χ2n) is 4.63. The number of rotatable bonds is 6. The highest BCUT2D eigenvalue weighted by molar-refractivity contribution is 7.98. The molecule has 120 valence electrons. The van der Waals surface area contributed by atoms with Crippen LogP contribution in [0.2, 0.25) is 0 Å². The van der Waals surface area contributed by atoms with Crippen molar-refractivity contribution in [2.45, 2.75) is 4.90 Å². The number of para-hydroxylation sites is 1. The Kier molecular flexibility index (Phi) is 5.17. The lowest BCUT2D eigenvalue weighted by Crippen LogP contribution is -2.39. The van der Waals surface area contributed by atoms with Gasteiger partial charge in [0.15, 0.2) is 0 Å². The summed E-state index contributed by atoms with van der Waals surface area (Å²) < 4.78 is 0. The van der Waals surface area contributed by atoms with Crippen molar-refractivity contribution in [3.8, 4) is 0 Å². The number of benzene rings is 1. The van der Waals surface area contributed by atoms with Gasteiger partial charge in [0.1, 0.15) is 6.54 Å². The average Bonchev–Trinajstić information content (AvgIpc) is 2.73. The van der Waals surface area contributed by atoms with Crippen LogP contribution in [-0.2, 0) is 14.4 Å². The predicted octanol–water partition coefficient (Wildman–Crippen LogP) is 1.32. The van der Waals surface area contributed by atoms with Crippen LogP contribution in [0.4, 0.5) is 10.5 Å². The Morgan fingerprint density at radius 2 is 1.87 bits per heavy atom. The van der Waals surface area contributed by atoms with Gasteiger partial charge in [-0.2, -0.15) is 0 Å². The van der Waals surface area contributed by atoms with E-state index in [9.17, 15) is 19.2 Å². The minimum atomic E-state index is -1.01. The highest BCUT2D eigenvalue weighted by Crippen LogP contribution is 2.24. The molecule has 0 radical (unpaired) electrons. The van der Waals surface area contributed by atoms with E-state index in [1.54, 1.807) is 12.1 Å². The minimum absolute atomic E-state index is 0.0726. The molecule has 1 fully saturated rings. The zero-order valence-electron chi connectivity index (χ0n) is 12.4. The highest BCUT2D eigenvalue weighted by atomic mass is 32.2. The molecule has 0 bridgehead atoms. The Morgan fingerprint density at radius 1 is 1.22 bits per heavy atom. The first-order chi connectivity index (χ1) is 11.0. The van der Waals surface area contributed by atoms with Crippen LogP contribution in [-0.4, -0.2) is 52.9 Å². The summed E-state index contributed by atoms with van der Waals surface area (Å²) in [5.74, 6) is -2.51. The smallest absolute Gasteiger partial charge is 0.324 e. The van der Waals surface area contributed by atoms with Crippen molar-refractivity contribution in [3.63, 3.8) is 0 Å². The van der Waals surface area contributed by atoms with E-state index in [2.05, 4.69) is 11.9 Å². The van der Waals surface area contributed by atoms with Gasteiger partial charge in [0, 0.05) is 11.4 Å². The maximum Gasteiger partial charge on any atom is 0.335 e. The van der Waals surface area contributed by atoms with Gasteiger partial charge in [0.05, 0.1) is 5.69 Å². The Bertz CT molecular complexity index is 689. The van der Waals surface area contributed by atoms with Gasteiger partial charge in [0.2, 0.25) is 5.91 Å². The standard InChI is InChI=1S/C15H15N3O4S/c1-3-8-17-13(20)14(21)18(15(17)22)9-12(19)16-10-6-4-5-7-11(10)23-2/h3-7H,1,8-9H2,2H3,(H,16,19). The third-order valence-corrected chi connectivity index (χ3v) is 3.93. The van der Waals surface area contributed by atoms with Crippen molar-refractivity contribution in [1.82, 2.24) is 9.80 Å². The van der Waals surface area contributed by atoms with E-state index >= 15 is 0 Å². The van der Waals surface area contributed by atoms with Crippen LogP contribution in [0.3, 0.4) is 0 Å². The number of carbonyl (C=O) groups is 4. The largest absolute Gasteiger partial charge is 0.335 e. The lowest BCUT2D eigenvalue weighted by Gasteiger charge is -2.15. The summed E-state index contributed by atoms with van der Waals surface area (Å²) in [4.78, 5) is 49.8. The van der Waals surface area contributed by atoms with Gasteiger partial charge in [0.25, 0.3) is 0 Å². The molecular formula is C15H15N3O4S. The third-order valence-electron chi connectivity index (χ3n) is 3.13. The third kappa shape index (κ3) is 3.42. The van der Waals surface area contributed by atoms with E-state index in [1.807, 2.05) is 18.4 Å². The van der Waals surface area contributed by atoms with Crippen LogP contribution in [0.15, 0.2) is 41.8 Å². The van der Waals surface area contributed by atoms with E-state index < -0.39 is 30.3 Å². The summed E-state index contributed by atoms with van der Waals surface area (Å²) >= 11 is 1.45. The molecule has 2 rings (SSSR count). The van der Waals surface area contributed by atoms with Crippen molar-refractivity contribution in [2.24, 2.45) is 0 Å². The molecule has 7 nitrogen and oxygen atoms in total. The van der Waals surface area contributed by atoms with Crippen molar-refractivity contribution in [3.05, 3.63) is 36.9 Å². The van der Waals surface area contributed by atoms with Crippen molar-refractivity contribution < 1.29 is 19.2 Å². The van der Waals surface area contributed by atoms with Gasteiger partial charge >= 0.3 is 17.8 Å². The lowest BCUT2D eigenvalue weighted by molar-refractivity contribution is -0.143. The Labute approximate surface area is 137 Å². The quantitative estimate of drug-likeness (QED) is 0.367. The molecule has 1 heterocycles. The van der Waals surface area contributed by atoms with Gasteiger partial charge in [-0.25, -0.2) is 9.69 Å². The van der Waals surface area contributed by atoms with Crippen LogP contribution >= 0.6 is 11.8 Å². The maximum absolute atomic E-state index is 12.1. The number of amides is 5. The molecule has 1 aromatic rings. The van der Waals surface area contributed by atoms with Gasteiger partial charge in [-0.1, -0.05) is 18.2 Å². The van der Waals surface area contributed by atoms with Crippen LogP contribution in [0.1, 0.15) is 0 Å². The number of hydrogen-bond acceptors (Lipinski definition) is 5. The number of imide groups is 2. The number of nitrogens with one attached hydrogen (secondary N) is 1. The van der Waals surface area contributed by atoms with Crippen LogP contribution in [0.25, 0.3) is 0 Å². The summed E-state index contributed by atoms with van der Waals surface area (Å²) in [6.45, 7) is 2.83. The second-order valence-corrected chi connectivity index (χ2v) is 5.47. The first kappa shape index (κ1) is 16.8. The van der Waals surface area contributed by atoms with Crippen molar-refractivity contribution >= 4 is 41.2 Å². The minimum Gasteiger partial charge on any atom is -0.324 e. The monoisotopic (exact) mass is 333 g/mol. The predicted molar refractivity (Wildman–Crippen MR) is 85.9 cm³/mol. The SMILES string of the molecule is C=CCN1C(=O)C(=O)N(CC(=O)Nc2ccccc2SC)C1=O. The molecule has 5 amide bonds. The summed E-state index contributed by atoms with van der Waals surface area (Å²) in [7, 11) is 0. The van der Waals surface area contributed by atoms with Gasteiger partial charge in [-0.15, -0.1) is 18.3 Å². The van der Waals surface area contributed by atoms with Crippen LogP contribution in [0, 0.1) is 0 Å². The zero-order valence-corrected chi connectivity index (χ0v) is 13.3. The molecule has 23 heavy (non-hydrogen) atoms. The Hall–Kier alpha value is -2.61. The Balaban J connectivity index is 2.08. The van der Waals surface area contributed by atoms with Gasteiger partial charge in [-0.05, 0) is 18.4 Å². The molecule has 1 saturated heterocycles. The van der Waals surface area contributed by atoms with E-state index in [-0.39, 0.29) is 6.54 Å². The second kappa shape index (κ2) is 7.10. The zero-order chi connectivity index (χ0) is 17.0. The molecular weight excluding hydrogens is 318 g/mol. The van der Waals surface area contributed by atoms with Crippen LogP contribution < -0.4 is 5.32 Å². The number of carbonyl (C=O) groups excluding carboxylic acids is 4. The molecule has 8 heteroatoms. The first-order valence-electron chi connectivity index (χ1n) is 6.70. The molecule has 1 aromatic carbocycles. The summed E-state index contributed by atoms with van der Waals surface area (Å²) in [5.41, 5.74) is 0.582. The fourth-order valence-corrected chi connectivity index (χ4v) is 2.61. The molecule has 1 aliphatic rings. The Morgan fingerprint density at radius 3 is 2.52 bits per heavy atom. The van der Waals surface area contributed by atoms with E-state index in [1.165, 1.54) is 17.8 Å². The van der Waals surface area contributed by atoms with Crippen molar-refractivity contribution in [2.75, 3.05) is 24.7 Å². The van der Waals surface area contributed by atoms with Crippen molar-refractivity contribution in [1.29, 1.82) is 0 Å². The normalized spacial score (nSPS) is 14.4. The number of thioether (sulfide) groups is 1. The van der Waals surface area contributed by atoms with E-state index in [0.717, 1.165) is 9.80 Å². The van der Waals surface area contributed by atoms with E-state index in [4.69, 9.17) is 0 Å². The number of nitrogens with zero attached hydrogens (tertiary/aromatic N) is 2. The lowest BCUT2D eigenvalue weighted by atomic mass is 10.3. The maximum atomic E-state index is 12.1. The highest BCUT2D eigenvalue weighted by Gasteiger charge is 2.44. The molecule has 1 N–H and O–H groups in total. The average molecular weight is 333 g/mol. The molecule has 0 spiro atoms. The van der Waals surface area contributed by atoms with E-state index in [0.29, 0.717) is 10.6 Å². The molecule has 0 atom stereocenters. The number of urea groups is 1. The van der Waals surface area contributed by atoms with Gasteiger partial charge < -0.3 is 5.32 Å². The molecule has 1 aliphatic heterocycles. The topological polar surface area (TPSA) is 86.8 Å². The molecule has 0 saturated carbocycles. The molecule has 0 aliphatic carbocycles. The first-order valence-corrected chi connectivity index (χ1v) is 7.93. The molecule has 0 aromatic heterocycles. The fourth-order valence-electron chi connectivity index (χ4n) is 2.06. The summed E-state index contributed by atoms with van der Waals surface area (Å²) in [5, 5.41) is 2.64. The number of hydrogen-bond donors (Lipinski definition) is 1. The summed E-state index contributed by atoms with van der Waals surface area (Å²) in [6, 6.07) is 6.33. The van der Waals surface area contributed by atoms with Gasteiger partial charge in [-0.3, -0.25) is 19.3 Å².